The van der Waals surface area contributed by atoms with E-state index in [2.05, 4.69) is 105 Å². The first-order valence-electron chi connectivity index (χ1n) is 11.4. The monoisotopic (exact) mass is 419 g/mol. The molecule has 0 radical (unpaired) electrons. The van der Waals surface area contributed by atoms with Crippen molar-refractivity contribution in [1.29, 1.82) is 0 Å². The van der Waals surface area contributed by atoms with Crippen molar-refractivity contribution in [3.63, 3.8) is 0 Å². The lowest BCUT2D eigenvalue weighted by atomic mass is 10.0. The number of aromatic amines is 2. The zero-order valence-corrected chi connectivity index (χ0v) is 17.6. The summed E-state index contributed by atoms with van der Waals surface area (Å²) < 4.78 is 2.47. The minimum Gasteiger partial charge on any atom is -0.354 e. The van der Waals surface area contributed by atoms with Crippen molar-refractivity contribution in [2.75, 3.05) is 0 Å². The van der Waals surface area contributed by atoms with Gasteiger partial charge in [0.05, 0.1) is 16.6 Å². The number of nitrogens with zero attached hydrogens (tertiary/aromatic N) is 1. The Balaban J connectivity index is 1.68. The van der Waals surface area contributed by atoms with Gasteiger partial charge in [-0.15, -0.1) is 0 Å². The van der Waals surface area contributed by atoms with Crippen LogP contribution >= 0.6 is 0 Å². The van der Waals surface area contributed by atoms with Crippen LogP contribution in [0.25, 0.3) is 81.7 Å². The van der Waals surface area contributed by atoms with Gasteiger partial charge in [-0.3, -0.25) is 0 Å². The lowest BCUT2D eigenvalue weighted by Crippen LogP contribution is -1.80. The lowest BCUT2D eigenvalue weighted by molar-refractivity contribution is 1.37. The van der Waals surface area contributed by atoms with Gasteiger partial charge in [-0.1, -0.05) is 54.6 Å². The maximum atomic E-state index is 3.70. The summed E-state index contributed by atoms with van der Waals surface area (Å²) in [7, 11) is 0. The van der Waals surface area contributed by atoms with Crippen molar-refractivity contribution in [2.45, 2.75) is 0 Å². The molecule has 33 heavy (non-hydrogen) atoms. The van der Waals surface area contributed by atoms with Gasteiger partial charge in [0.15, 0.2) is 0 Å². The summed E-state index contributed by atoms with van der Waals surface area (Å²) in [6.07, 6.45) is 0. The van der Waals surface area contributed by atoms with E-state index in [0.717, 1.165) is 0 Å². The summed E-state index contributed by atoms with van der Waals surface area (Å²) >= 11 is 0. The van der Waals surface area contributed by atoms with E-state index in [-0.39, 0.29) is 0 Å². The van der Waals surface area contributed by atoms with Crippen molar-refractivity contribution < 1.29 is 0 Å². The highest BCUT2D eigenvalue weighted by Crippen LogP contribution is 2.46. The first kappa shape index (κ1) is 16.2. The van der Waals surface area contributed by atoms with Crippen molar-refractivity contribution in [3.05, 3.63) is 91.0 Å². The van der Waals surface area contributed by atoms with E-state index in [9.17, 15) is 0 Å². The molecule has 0 saturated carbocycles. The number of fused-ring (bicyclic) bond motifs is 13. The molecular weight excluding hydrogens is 402 g/mol. The van der Waals surface area contributed by atoms with Gasteiger partial charge in [0.2, 0.25) is 0 Å². The van der Waals surface area contributed by atoms with Gasteiger partial charge in [0.1, 0.15) is 0 Å². The molecular formula is C30H17N3. The summed E-state index contributed by atoms with van der Waals surface area (Å²) in [5.41, 5.74) is 8.60. The number of para-hydroxylation sites is 3. The highest BCUT2D eigenvalue weighted by atomic mass is 14.9. The van der Waals surface area contributed by atoms with Crippen LogP contribution in [0.1, 0.15) is 0 Å². The molecule has 0 bridgehead atoms. The maximum absolute atomic E-state index is 3.70. The molecule has 2 N–H and O–H groups in total. The fourth-order valence-corrected chi connectivity index (χ4v) is 6.24. The fourth-order valence-electron chi connectivity index (χ4n) is 6.24. The Bertz CT molecular complexity index is 2240. The van der Waals surface area contributed by atoms with Crippen LogP contribution in [0.2, 0.25) is 0 Å². The molecule has 9 rings (SSSR count). The summed E-state index contributed by atoms with van der Waals surface area (Å²) in [5, 5.41) is 10.4. The third-order valence-electron chi connectivity index (χ3n) is 7.56. The number of H-pyrrole nitrogens is 2. The standard InChI is InChI=1S/C30H17N3/c1-4-10-22-16(7-1)19-13-21-27(15-24(19)31-22)33-26-12-6-3-8-17(26)20-14-25-28(29(21)30(20)33)18-9-2-5-11-23(18)32-25/h1-15,31-32H. The third kappa shape index (κ3) is 1.77. The Labute approximate surface area is 187 Å². The van der Waals surface area contributed by atoms with Crippen LogP contribution in [0.4, 0.5) is 0 Å². The highest BCUT2D eigenvalue weighted by Gasteiger charge is 2.22. The van der Waals surface area contributed by atoms with Crippen molar-refractivity contribution in [2.24, 2.45) is 0 Å². The van der Waals surface area contributed by atoms with E-state index >= 15 is 0 Å². The number of hydrogen-bond donors (Lipinski definition) is 2. The molecule has 3 nitrogen and oxygen atoms in total. The van der Waals surface area contributed by atoms with E-state index < -0.39 is 0 Å². The quantitative estimate of drug-likeness (QED) is 0.249. The van der Waals surface area contributed by atoms with Crippen molar-refractivity contribution >= 4 is 81.7 Å². The Morgan fingerprint density at radius 3 is 2.00 bits per heavy atom. The number of nitrogens with one attached hydrogen (secondary N) is 2. The van der Waals surface area contributed by atoms with Gasteiger partial charge >= 0.3 is 0 Å². The van der Waals surface area contributed by atoms with E-state index in [1.54, 1.807) is 0 Å². The van der Waals surface area contributed by atoms with Crippen LogP contribution in [0, 0.1) is 0 Å². The van der Waals surface area contributed by atoms with Gasteiger partial charge < -0.3 is 14.4 Å². The van der Waals surface area contributed by atoms with E-state index in [1.165, 1.54) is 81.7 Å². The molecule has 0 saturated heterocycles. The van der Waals surface area contributed by atoms with Gasteiger partial charge in [-0.2, -0.15) is 0 Å². The molecule has 4 heterocycles. The van der Waals surface area contributed by atoms with Crippen LogP contribution in [0.3, 0.4) is 0 Å². The fraction of sp³-hybridized carbons (Fsp3) is 0. The Morgan fingerprint density at radius 2 is 1.12 bits per heavy atom. The van der Waals surface area contributed by atoms with Gasteiger partial charge in [-0.25, -0.2) is 0 Å². The molecule has 0 aliphatic rings. The predicted molar refractivity (Wildman–Crippen MR) is 140 cm³/mol. The SMILES string of the molecule is c1ccc2c(c1)[nH]c1cc3c(cc12)c1c2c(cc4c5ccccc5n3c41)[nH]c1ccccc12. The topological polar surface area (TPSA) is 36.0 Å². The van der Waals surface area contributed by atoms with Crippen LogP contribution < -0.4 is 0 Å². The second kappa shape index (κ2) is 5.28. The number of benzene rings is 5. The third-order valence-corrected chi connectivity index (χ3v) is 7.56. The Hall–Kier alpha value is -4.50. The molecule has 0 amide bonds. The average Bonchev–Trinajstić information content (AvgIpc) is 3.58. The van der Waals surface area contributed by atoms with E-state index in [4.69, 9.17) is 0 Å². The van der Waals surface area contributed by atoms with Crippen molar-refractivity contribution in [3.8, 4) is 0 Å². The molecule has 9 aromatic rings. The summed E-state index contributed by atoms with van der Waals surface area (Å²) in [6, 6.07) is 33.1. The molecule has 5 aromatic carbocycles. The van der Waals surface area contributed by atoms with E-state index in [0.29, 0.717) is 0 Å². The normalized spacial score (nSPS) is 12.8. The minimum atomic E-state index is 1.18. The molecule has 0 atom stereocenters. The Morgan fingerprint density at radius 1 is 0.424 bits per heavy atom. The first-order valence-corrected chi connectivity index (χ1v) is 11.4. The molecule has 0 unspecified atom stereocenters. The van der Waals surface area contributed by atoms with Gasteiger partial charge in [-0.05, 0) is 36.4 Å². The summed E-state index contributed by atoms with van der Waals surface area (Å²) in [6.45, 7) is 0. The summed E-state index contributed by atoms with van der Waals surface area (Å²) in [4.78, 5) is 7.35. The zero-order chi connectivity index (χ0) is 21.3. The number of rotatable bonds is 0. The van der Waals surface area contributed by atoms with Crippen molar-refractivity contribution in [1.82, 2.24) is 14.4 Å². The van der Waals surface area contributed by atoms with E-state index in [1.807, 2.05) is 0 Å². The molecule has 0 aliphatic heterocycles. The Kier molecular flexibility index (Phi) is 2.59. The smallest absolute Gasteiger partial charge is 0.0628 e. The van der Waals surface area contributed by atoms with Crippen LogP contribution in [0.15, 0.2) is 91.0 Å². The second-order valence-electron chi connectivity index (χ2n) is 9.18. The minimum absolute atomic E-state index is 1.18. The second-order valence-corrected chi connectivity index (χ2v) is 9.18. The molecule has 3 heteroatoms. The molecule has 4 aromatic heterocycles. The van der Waals surface area contributed by atoms with Crippen LogP contribution in [-0.2, 0) is 0 Å². The summed E-state index contributed by atoms with van der Waals surface area (Å²) in [5.74, 6) is 0. The molecule has 0 fully saturated rings. The van der Waals surface area contributed by atoms with Gasteiger partial charge in [0, 0.05) is 65.2 Å². The highest BCUT2D eigenvalue weighted by molar-refractivity contribution is 6.36. The largest absolute Gasteiger partial charge is 0.354 e. The maximum Gasteiger partial charge on any atom is 0.0628 e. The van der Waals surface area contributed by atoms with Crippen LogP contribution in [0.5, 0.6) is 0 Å². The number of hydrogen-bond acceptors (Lipinski definition) is 0. The van der Waals surface area contributed by atoms with Gasteiger partial charge in [0.25, 0.3) is 0 Å². The molecule has 152 valence electrons. The first-order chi connectivity index (χ1) is 16.4. The average molecular weight is 419 g/mol. The predicted octanol–water partition coefficient (Wildman–Crippen LogP) is 8.11. The lowest BCUT2D eigenvalue weighted by Gasteiger charge is -2.00. The zero-order valence-electron chi connectivity index (χ0n) is 17.6. The molecule has 0 aliphatic carbocycles. The van der Waals surface area contributed by atoms with Crippen LogP contribution in [-0.4, -0.2) is 14.4 Å². The number of aromatic nitrogens is 3. The molecule has 0 spiro atoms.